The fourth-order valence-electron chi connectivity index (χ4n) is 2.79. The van der Waals surface area contributed by atoms with Crippen LogP contribution in [0.25, 0.3) is 0 Å². The molecule has 0 aromatic heterocycles. The van der Waals surface area contributed by atoms with Crippen molar-refractivity contribution in [2.45, 2.75) is 24.7 Å². The maximum atomic E-state index is 12.5. The van der Waals surface area contributed by atoms with Gasteiger partial charge in [0.2, 0.25) is 10.0 Å². The highest BCUT2D eigenvalue weighted by Crippen LogP contribution is 2.22. The Morgan fingerprint density at radius 1 is 1.00 bits per heavy atom. The van der Waals surface area contributed by atoms with E-state index in [2.05, 4.69) is 10.6 Å². The van der Waals surface area contributed by atoms with Crippen molar-refractivity contribution in [2.24, 2.45) is 0 Å². The van der Waals surface area contributed by atoms with Gasteiger partial charge in [-0.05, 0) is 67.9 Å². The van der Waals surface area contributed by atoms with Crippen LogP contribution in [0.3, 0.4) is 0 Å². The number of benzene rings is 2. The summed E-state index contributed by atoms with van der Waals surface area (Å²) in [5, 5.41) is 6.68. The van der Waals surface area contributed by atoms with Crippen molar-refractivity contribution in [2.75, 3.05) is 23.7 Å². The van der Waals surface area contributed by atoms with Crippen LogP contribution >= 0.6 is 12.2 Å². The van der Waals surface area contributed by atoms with Crippen LogP contribution in [0.2, 0.25) is 0 Å². The van der Waals surface area contributed by atoms with E-state index in [0.717, 1.165) is 29.8 Å². The van der Waals surface area contributed by atoms with Crippen LogP contribution in [-0.2, 0) is 10.0 Å². The Labute approximate surface area is 154 Å². The molecule has 0 saturated carbocycles. The molecule has 0 amide bonds. The number of hydrogen-bond acceptors (Lipinski definition) is 3. The highest BCUT2D eigenvalue weighted by molar-refractivity contribution is 7.89. The second-order valence-electron chi connectivity index (χ2n) is 6.03. The fraction of sp³-hybridized carbons (Fsp3) is 0.278. The molecule has 2 aromatic carbocycles. The Kier molecular flexibility index (Phi) is 5.36. The molecular formula is C18H21N3O2S2. The second kappa shape index (κ2) is 7.51. The van der Waals surface area contributed by atoms with Gasteiger partial charge in [-0.1, -0.05) is 18.2 Å². The summed E-state index contributed by atoms with van der Waals surface area (Å²) in [4.78, 5) is 0.317. The van der Waals surface area contributed by atoms with Crippen molar-refractivity contribution in [1.82, 2.24) is 4.31 Å². The Morgan fingerprint density at radius 2 is 1.64 bits per heavy atom. The minimum atomic E-state index is -3.38. The third-order valence-electron chi connectivity index (χ3n) is 4.21. The summed E-state index contributed by atoms with van der Waals surface area (Å²) in [7, 11) is -3.38. The lowest BCUT2D eigenvalue weighted by atomic mass is 10.2. The highest BCUT2D eigenvalue weighted by atomic mass is 32.2. The zero-order valence-electron chi connectivity index (χ0n) is 14.0. The molecular weight excluding hydrogens is 354 g/mol. The first kappa shape index (κ1) is 17.8. The number of rotatable bonds is 4. The second-order valence-corrected chi connectivity index (χ2v) is 8.38. The molecule has 7 heteroatoms. The van der Waals surface area contributed by atoms with Gasteiger partial charge in [-0.25, -0.2) is 8.42 Å². The topological polar surface area (TPSA) is 61.4 Å². The summed E-state index contributed by atoms with van der Waals surface area (Å²) in [6, 6.07) is 14.6. The van der Waals surface area contributed by atoms with Gasteiger partial charge in [0.1, 0.15) is 0 Å². The van der Waals surface area contributed by atoms with Gasteiger partial charge in [0.05, 0.1) is 4.90 Å². The predicted octanol–water partition coefficient (Wildman–Crippen LogP) is 3.59. The Balaban J connectivity index is 1.66. The maximum absolute atomic E-state index is 12.5. The lowest BCUT2D eigenvalue weighted by Gasteiger charge is -2.16. The largest absolute Gasteiger partial charge is 0.332 e. The third-order valence-corrected chi connectivity index (χ3v) is 6.33. The molecule has 1 heterocycles. The zero-order valence-corrected chi connectivity index (χ0v) is 15.7. The van der Waals surface area contributed by atoms with E-state index in [0.29, 0.717) is 23.1 Å². The van der Waals surface area contributed by atoms with Crippen molar-refractivity contribution < 1.29 is 8.42 Å². The summed E-state index contributed by atoms with van der Waals surface area (Å²) in [6.45, 7) is 3.21. The van der Waals surface area contributed by atoms with Crippen LogP contribution < -0.4 is 10.6 Å². The van der Waals surface area contributed by atoms with E-state index in [-0.39, 0.29) is 0 Å². The maximum Gasteiger partial charge on any atom is 0.243 e. The van der Waals surface area contributed by atoms with Gasteiger partial charge in [0.15, 0.2) is 5.11 Å². The van der Waals surface area contributed by atoms with Crippen molar-refractivity contribution in [1.29, 1.82) is 0 Å². The normalized spacial score (nSPS) is 15.1. The molecule has 2 N–H and O–H groups in total. The summed E-state index contributed by atoms with van der Waals surface area (Å²) in [5.41, 5.74) is 2.78. The van der Waals surface area contributed by atoms with E-state index < -0.39 is 10.0 Å². The molecule has 0 bridgehead atoms. The number of anilines is 2. The van der Waals surface area contributed by atoms with Crippen LogP contribution in [0.4, 0.5) is 11.4 Å². The van der Waals surface area contributed by atoms with Gasteiger partial charge in [0.25, 0.3) is 0 Å². The number of sulfonamides is 1. The first-order chi connectivity index (χ1) is 12.0. The van der Waals surface area contributed by atoms with Gasteiger partial charge in [0, 0.05) is 24.5 Å². The van der Waals surface area contributed by atoms with Gasteiger partial charge in [-0.15, -0.1) is 0 Å². The molecule has 0 unspecified atom stereocenters. The third kappa shape index (κ3) is 4.18. The molecule has 5 nitrogen and oxygen atoms in total. The molecule has 1 fully saturated rings. The van der Waals surface area contributed by atoms with Crippen molar-refractivity contribution in [3.63, 3.8) is 0 Å². The van der Waals surface area contributed by atoms with Crippen molar-refractivity contribution in [3.05, 3.63) is 54.1 Å². The quantitative estimate of drug-likeness (QED) is 0.800. The average Bonchev–Trinajstić information content (AvgIpc) is 3.13. The van der Waals surface area contributed by atoms with E-state index in [1.165, 1.54) is 0 Å². The first-order valence-corrected chi connectivity index (χ1v) is 10.1. The van der Waals surface area contributed by atoms with Gasteiger partial charge < -0.3 is 10.6 Å². The van der Waals surface area contributed by atoms with Crippen LogP contribution in [-0.4, -0.2) is 30.9 Å². The minimum absolute atomic E-state index is 0.317. The molecule has 0 radical (unpaired) electrons. The molecule has 132 valence electrons. The number of para-hydroxylation sites is 1. The molecule has 2 aromatic rings. The lowest BCUT2D eigenvalue weighted by Crippen LogP contribution is -2.27. The Bertz CT molecular complexity index is 858. The SMILES string of the molecule is Cc1ccccc1NC(=S)Nc1ccc(S(=O)(=O)N2CCCC2)cc1. The van der Waals surface area contributed by atoms with E-state index in [9.17, 15) is 8.42 Å². The highest BCUT2D eigenvalue weighted by Gasteiger charge is 2.26. The average molecular weight is 376 g/mol. The van der Waals surface area contributed by atoms with E-state index in [1.807, 2.05) is 31.2 Å². The number of aryl methyl sites for hydroxylation is 1. The molecule has 0 aliphatic carbocycles. The molecule has 25 heavy (non-hydrogen) atoms. The Hall–Kier alpha value is -1.96. The summed E-state index contributed by atoms with van der Waals surface area (Å²) < 4.78 is 26.6. The van der Waals surface area contributed by atoms with Crippen molar-refractivity contribution in [3.8, 4) is 0 Å². The lowest BCUT2D eigenvalue weighted by molar-refractivity contribution is 0.477. The number of hydrogen-bond donors (Lipinski definition) is 2. The summed E-state index contributed by atoms with van der Waals surface area (Å²) >= 11 is 5.32. The van der Waals surface area contributed by atoms with Crippen LogP contribution in [0, 0.1) is 6.92 Å². The van der Waals surface area contributed by atoms with Crippen LogP contribution in [0.5, 0.6) is 0 Å². The molecule has 1 aliphatic rings. The molecule has 1 saturated heterocycles. The summed E-state index contributed by atoms with van der Waals surface area (Å²) in [5.74, 6) is 0. The standard InChI is InChI=1S/C18H21N3O2S2/c1-14-6-2-3-7-17(14)20-18(24)19-15-8-10-16(11-9-15)25(22,23)21-12-4-5-13-21/h2-3,6-11H,4-5,12-13H2,1H3,(H2,19,20,24). The summed E-state index contributed by atoms with van der Waals surface area (Å²) in [6.07, 6.45) is 1.86. The van der Waals surface area contributed by atoms with Crippen LogP contribution in [0.15, 0.2) is 53.4 Å². The minimum Gasteiger partial charge on any atom is -0.332 e. The van der Waals surface area contributed by atoms with E-state index >= 15 is 0 Å². The molecule has 1 aliphatic heterocycles. The molecule has 0 atom stereocenters. The van der Waals surface area contributed by atoms with Gasteiger partial charge in [-0.2, -0.15) is 4.31 Å². The molecule has 3 rings (SSSR count). The first-order valence-electron chi connectivity index (χ1n) is 8.21. The number of nitrogens with one attached hydrogen (secondary N) is 2. The molecule has 0 spiro atoms. The van der Waals surface area contributed by atoms with E-state index in [1.54, 1.807) is 28.6 Å². The smallest absolute Gasteiger partial charge is 0.243 e. The van der Waals surface area contributed by atoms with Crippen molar-refractivity contribution >= 4 is 38.7 Å². The predicted molar refractivity (Wildman–Crippen MR) is 105 cm³/mol. The van der Waals surface area contributed by atoms with Gasteiger partial charge >= 0.3 is 0 Å². The van der Waals surface area contributed by atoms with E-state index in [4.69, 9.17) is 12.2 Å². The van der Waals surface area contributed by atoms with Gasteiger partial charge in [-0.3, -0.25) is 0 Å². The number of thiocarbonyl (C=S) groups is 1. The number of nitrogens with zero attached hydrogens (tertiary/aromatic N) is 1. The monoisotopic (exact) mass is 375 g/mol. The zero-order chi connectivity index (χ0) is 17.9. The van der Waals surface area contributed by atoms with Crippen LogP contribution in [0.1, 0.15) is 18.4 Å². The fourth-order valence-corrected chi connectivity index (χ4v) is 4.53. The Morgan fingerprint density at radius 3 is 2.28 bits per heavy atom.